The molecule has 6 heteroatoms. The van der Waals surface area contributed by atoms with E-state index in [4.69, 9.17) is 0 Å². The van der Waals surface area contributed by atoms with Crippen LogP contribution in [0.15, 0.2) is 48.9 Å². The molecule has 136 valence electrons. The minimum absolute atomic E-state index is 0.250. The number of carbonyl (C=O) groups is 1. The van der Waals surface area contributed by atoms with Crippen molar-refractivity contribution in [1.82, 2.24) is 14.5 Å². The van der Waals surface area contributed by atoms with Crippen LogP contribution in [0.1, 0.15) is 30.2 Å². The van der Waals surface area contributed by atoms with Crippen molar-refractivity contribution in [2.75, 3.05) is 12.4 Å². The SMILES string of the molecule is CNc1ncnc2c1c(-c1ccc3c(C(=O)O)cccc3c1)cn2C(C)C. The second-order valence-corrected chi connectivity index (χ2v) is 6.76. The summed E-state index contributed by atoms with van der Waals surface area (Å²) in [6.07, 6.45) is 3.66. The Morgan fingerprint density at radius 3 is 2.70 bits per heavy atom. The second-order valence-electron chi connectivity index (χ2n) is 6.76. The van der Waals surface area contributed by atoms with Crippen molar-refractivity contribution in [3.05, 3.63) is 54.5 Å². The smallest absolute Gasteiger partial charge is 0.336 e. The molecule has 27 heavy (non-hydrogen) atoms. The molecule has 0 atom stereocenters. The molecule has 0 amide bonds. The van der Waals surface area contributed by atoms with Crippen LogP contribution in [0.25, 0.3) is 32.9 Å². The molecule has 2 aromatic heterocycles. The molecule has 0 aliphatic heterocycles. The number of hydrogen-bond acceptors (Lipinski definition) is 4. The van der Waals surface area contributed by atoms with Gasteiger partial charge in [0.1, 0.15) is 17.8 Å². The van der Waals surface area contributed by atoms with Gasteiger partial charge in [-0.2, -0.15) is 0 Å². The third-order valence-electron chi connectivity index (χ3n) is 4.82. The number of aromatic carboxylic acids is 1. The third kappa shape index (κ3) is 2.70. The Morgan fingerprint density at radius 2 is 2.00 bits per heavy atom. The van der Waals surface area contributed by atoms with E-state index in [0.717, 1.165) is 38.8 Å². The van der Waals surface area contributed by atoms with E-state index >= 15 is 0 Å². The van der Waals surface area contributed by atoms with Gasteiger partial charge in [0, 0.05) is 24.8 Å². The predicted octanol–water partition coefficient (Wildman–Crippen LogP) is 4.57. The fraction of sp³-hybridized carbons (Fsp3) is 0.190. The van der Waals surface area contributed by atoms with Crippen molar-refractivity contribution in [2.45, 2.75) is 19.9 Å². The summed E-state index contributed by atoms with van der Waals surface area (Å²) in [6.45, 7) is 4.23. The first-order valence-corrected chi connectivity index (χ1v) is 8.81. The maximum Gasteiger partial charge on any atom is 0.336 e. The zero-order valence-corrected chi connectivity index (χ0v) is 15.4. The van der Waals surface area contributed by atoms with Crippen molar-refractivity contribution >= 4 is 33.6 Å². The molecule has 0 aliphatic rings. The average Bonchev–Trinajstić information content (AvgIpc) is 3.07. The fourth-order valence-electron chi connectivity index (χ4n) is 3.52. The summed E-state index contributed by atoms with van der Waals surface area (Å²) in [5.41, 5.74) is 3.20. The van der Waals surface area contributed by atoms with Gasteiger partial charge in [-0.25, -0.2) is 14.8 Å². The van der Waals surface area contributed by atoms with E-state index in [0.29, 0.717) is 5.56 Å². The second kappa shape index (κ2) is 6.39. The Balaban J connectivity index is 2.01. The Hall–Kier alpha value is -3.41. The summed E-state index contributed by atoms with van der Waals surface area (Å²) in [7, 11) is 1.85. The summed E-state index contributed by atoms with van der Waals surface area (Å²) >= 11 is 0. The molecule has 6 nitrogen and oxygen atoms in total. The van der Waals surface area contributed by atoms with Crippen molar-refractivity contribution < 1.29 is 9.90 Å². The monoisotopic (exact) mass is 360 g/mol. The number of hydrogen-bond donors (Lipinski definition) is 2. The largest absolute Gasteiger partial charge is 0.478 e. The molecular formula is C21H20N4O2. The first-order chi connectivity index (χ1) is 13.0. The molecule has 0 bridgehead atoms. The molecule has 4 aromatic rings. The first kappa shape index (κ1) is 17.0. The minimum Gasteiger partial charge on any atom is -0.478 e. The summed E-state index contributed by atoms with van der Waals surface area (Å²) in [6, 6.07) is 11.4. The van der Waals surface area contributed by atoms with Crippen molar-refractivity contribution in [3.63, 3.8) is 0 Å². The van der Waals surface area contributed by atoms with Gasteiger partial charge in [-0.15, -0.1) is 0 Å². The van der Waals surface area contributed by atoms with Gasteiger partial charge in [0.2, 0.25) is 0 Å². The van der Waals surface area contributed by atoms with Gasteiger partial charge in [-0.05, 0) is 42.3 Å². The highest BCUT2D eigenvalue weighted by Crippen LogP contribution is 2.36. The molecule has 0 aliphatic carbocycles. The lowest BCUT2D eigenvalue weighted by Gasteiger charge is -2.08. The number of carboxylic acids is 1. The summed E-state index contributed by atoms with van der Waals surface area (Å²) in [4.78, 5) is 20.3. The van der Waals surface area contributed by atoms with Gasteiger partial charge in [0.05, 0.1) is 10.9 Å². The zero-order valence-electron chi connectivity index (χ0n) is 15.4. The van der Waals surface area contributed by atoms with Gasteiger partial charge in [-0.3, -0.25) is 0 Å². The molecule has 0 radical (unpaired) electrons. The van der Waals surface area contributed by atoms with Gasteiger partial charge in [0.25, 0.3) is 0 Å². The summed E-state index contributed by atoms with van der Waals surface area (Å²) in [5, 5.41) is 15.1. The molecule has 2 N–H and O–H groups in total. The van der Waals surface area contributed by atoms with Crippen LogP contribution >= 0.6 is 0 Å². The van der Waals surface area contributed by atoms with E-state index in [1.165, 1.54) is 0 Å². The Morgan fingerprint density at radius 1 is 1.19 bits per heavy atom. The number of nitrogens with one attached hydrogen (secondary N) is 1. The van der Waals surface area contributed by atoms with Crippen LogP contribution in [0.4, 0.5) is 5.82 Å². The third-order valence-corrected chi connectivity index (χ3v) is 4.82. The van der Waals surface area contributed by atoms with Crippen molar-refractivity contribution in [1.29, 1.82) is 0 Å². The van der Waals surface area contributed by atoms with Crippen molar-refractivity contribution in [2.24, 2.45) is 0 Å². The standard InChI is InChI=1S/C21H20N4O2/c1-12(2)25-10-17(18-19(22-3)23-11-24-20(18)25)14-7-8-15-13(9-14)5-4-6-16(15)21(26)27/h4-12H,1-3H3,(H,26,27)(H,22,23,24). The Labute approximate surface area is 156 Å². The predicted molar refractivity (Wildman–Crippen MR) is 107 cm³/mol. The lowest BCUT2D eigenvalue weighted by molar-refractivity contribution is 0.0699. The molecule has 2 aromatic carbocycles. The number of rotatable bonds is 4. The highest BCUT2D eigenvalue weighted by atomic mass is 16.4. The quantitative estimate of drug-likeness (QED) is 0.557. The lowest BCUT2D eigenvalue weighted by Crippen LogP contribution is -2.01. The van der Waals surface area contributed by atoms with Crippen molar-refractivity contribution in [3.8, 4) is 11.1 Å². The van der Waals surface area contributed by atoms with Crippen LogP contribution in [-0.4, -0.2) is 32.7 Å². The minimum atomic E-state index is -0.921. The lowest BCUT2D eigenvalue weighted by atomic mass is 9.98. The van der Waals surface area contributed by atoms with E-state index in [2.05, 4.69) is 39.9 Å². The molecule has 2 heterocycles. The van der Waals surface area contributed by atoms with Crippen LogP contribution in [0.5, 0.6) is 0 Å². The average molecular weight is 360 g/mol. The van der Waals surface area contributed by atoms with Crippen LogP contribution in [-0.2, 0) is 0 Å². The number of nitrogens with zero attached hydrogens (tertiary/aromatic N) is 3. The summed E-state index contributed by atoms with van der Waals surface area (Å²) < 4.78 is 2.13. The molecule has 0 fully saturated rings. The number of aromatic nitrogens is 3. The molecule has 0 saturated heterocycles. The molecule has 0 spiro atoms. The molecule has 0 saturated carbocycles. The number of fused-ring (bicyclic) bond motifs is 2. The van der Waals surface area contributed by atoms with E-state index in [-0.39, 0.29) is 6.04 Å². The van der Waals surface area contributed by atoms with E-state index in [1.807, 2.05) is 31.3 Å². The van der Waals surface area contributed by atoms with Crippen LogP contribution in [0.2, 0.25) is 0 Å². The Kier molecular flexibility index (Phi) is 4.03. The highest BCUT2D eigenvalue weighted by molar-refractivity contribution is 6.07. The summed E-state index contributed by atoms with van der Waals surface area (Å²) in [5.74, 6) is -0.149. The van der Waals surface area contributed by atoms with E-state index in [9.17, 15) is 9.90 Å². The maximum absolute atomic E-state index is 11.5. The molecule has 0 unspecified atom stereocenters. The molecule has 4 rings (SSSR count). The molecular weight excluding hydrogens is 340 g/mol. The van der Waals surface area contributed by atoms with Crippen LogP contribution in [0, 0.1) is 0 Å². The van der Waals surface area contributed by atoms with E-state index in [1.54, 1.807) is 18.5 Å². The van der Waals surface area contributed by atoms with Crippen LogP contribution in [0.3, 0.4) is 0 Å². The van der Waals surface area contributed by atoms with Gasteiger partial charge >= 0.3 is 5.97 Å². The highest BCUT2D eigenvalue weighted by Gasteiger charge is 2.18. The maximum atomic E-state index is 11.5. The topological polar surface area (TPSA) is 80.0 Å². The number of carboxylic acid groups (broad SMARTS) is 1. The van der Waals surface area contributed by atoms with Crippen LogP contribution < -0.4 is 5.32 Å². The van der Waals surface area contributed by atoms with E-state index < -0.39 is 5.97 Å². The fourth-order valence-corrected chi connectivity index (χ4v) is 3.52. The zero-order chi connectivity index (χ0) is 19.1. The Bertz CT molecular complexity index is 1180. The van der Waals surface area contributed by atoms with Gasteiger partial charge in [0.15, 0.2) is 0 Å². The number of benzene rings is 2. The normalized spacial score (nSPS) is 11.4. The first-order valence-electron chi connectivity index (χ1n) is 8.81. The van der Waals surface area contributed by atoms with Gasteiger partial charge in [-0.1, -0.05) is 24.3 Å². The van der Waals surface area contributed by atoms with Gasteiger partial charge < -0.3 is 15.0 Å². The number of anilines is 1.